The molecule has 2 aromatic heterocycles. The number of halogens is 1. The number of carbonyl (C=O) groups is 1. The lowest BCUT2D eigenvalue weighted by molar-refractivity contribution is -0.120. The van der Waals surface area contributed by atoms with Gasteiger partial charge in [-0.05, 0) is 48.6 Å². The van der Waals surface area contributed by atoms with Gasteiger partial charge in [0.15, 0.2) is 0 Å². The highest BCUT2D eigenvalue weighted by Gasteiger charge is 2.26. The molecule has 5 nitrogen and oxygen atoms in total. The van der Waals surface area contributed by atoms with Gasteiger partial charge in [0, 0.05) is 41.0 Å². The van der Waals surface area contributed by atoms with E-state index in [1.807, 2.05) is 12.3 Å². The first kappa shape index (κ1) is 18.1. The van der Waals surface area contributed by atoms with E-state index in [2.05, 4.69) is 26.6 Å². The van der Waals surface area contributed by atoms with Crippen molar-refractivity contribution in [2.75, 3.05) is 30.4 Å². The number of anilines is 2. The monoisotopic (exact) mass is 401 g/mol. The summed E-state index contributed by atoms with van der Waals surface area (Å²) >= 11 is 7.86. The topological polar surface area (TPSA) is 54.5 Å². The number of hydrogen-bond donors (Lipinski definition) is 1. The maximum absolute atomic E-state index is 12.6. The molecule has 0 spiro atoms. The van der Waals surface area contributed by atoms with Crippen LogP contribution in [0.5, 0.6) is 5.75 Å². The molecule has 1 aromatic carbocycles. The summed E-state index contributed by atoms with van der Waals surface area (Å²) < 4.78 is 6.39. The summed E-state index contributed by atoms with van der Waals surface area (Å²) in [6.45, 7) is 1.65. The van der Waals surface area contributed by atoms with Crippen LogP contribution in [-0.2, 0) is 4.79 Å². The van der Waals surface area contributed by atoms with Crippen LogP contribution in [-0.4, -0.2) is 31.1 Å². The summed E-state index contributed by atoms with van der Waals surface area (Å²) in [7, 11) is 1.57. The fourth-order valence-corrected chi connectivity index (χ4v) is 4.51. The van der Waals surface area contributed by atoms with Crippen LogP contribution in [0.25, 0.3) is 10.1 Å². The van der Waals surface area contributed by atoms with Gasteiger partial charge in [-0.3, -0.25) is 4.79 Å². The summed E-state index contributed by atoms with van der Waals surface area (Å²) in [6, 6.07) is 9.44. The number of amides is 1. The van der Waals surface area contributed by atoms with E-state index in [4.69, 9.17) is 16.3 Å². The molecule has 1 N–H and O–H groups in total. The van der Waals surface area contributed by atoms with Crippen LogP contribution in [0, 0.1) is 5.92 Å². The van der Waals surface area contributed by atoms with Gasteiger partial charge in [-0.1, -0.05) is 11.6 Å². The molecule has 1 aliphatic rings. The van der Waals surface area contributed by atoms with Crippen molar-refractivity contribution >= 4 is 50.4 Å². The lowest BCUT2D eigenvalue weighted by Crippen LogP contribution is -2.38. The Bertz CT molecular complexity index is 967. The van der Waals surface area contributed by atoms with Gasteiger partial charge in [0.05, 0.1) is 12.1 Å². The fraction of sp³-hybridized carbons (Fsp3) is 0.300. The van der Waals surface area contributed by atoms with Crippen molar-refractivity contribution in [3.8, 4) is 5.75 Å². The summed E-state index contributed by atoms with van der Waals surface area (Å²) in [6.07, 6.45) is 3.47. The van der Waals surface area contributed by atoms with E-state index >= 15 is 0 Å². The van der Waals surface area contributed by atoms with E-state index in [1.54, 1.807) is 36.6 Å². The van der Waals surface area contributed by atoms with E-state index in [0.717, 1.165) is 31.7 Å². The van der Waals surface area contributed by atoms with E-state index in [9.17, 15) is 4.79 Å². The molecule has 0 saturated carbocycles. The van der Waals surface area contributed by atoms with Crippen molar-refractivity contribution in [2.24, 2.45) is 5.92 Å². The Morgan fingerprint density at radius 2 is 2.11 bits per heavy atom. The van der Waals surface area contributed by atoms with Crippen LogP contribution < -0.4 is 15.0 Å². The number of methoxy groups -OCH3 is 1. The van der Waals surface area contributed by atoms with Crippen molar-refractivity contribution in [2.45, 2.75) is 12.8 Å². The minimum atomic E-state index is -0.0104. The highest BCUT2D eigenvalue weighted by Crippen LogP contribution is 2.32. The first-order valence-corrected chi connectivity index (χ1v) is 10.1. The third kappa shape index (κ3) is 3.73. The number of pyridine rings is 1. The van der Waals surface area contributed by atoms with Gasteiger partial charge in [0.1, 0.15) is 11.6 Å². The Hall–Kier alpha value is -2.31. The van der Waals surface area contributed by atoms with Crippen LogP contribution >= 0.6 is 22.9 Å². The molecule has 7 heteroatoms. The number of fused-ring (bicyclic) bond motifs is 1. The first-order chi connectivity index (χ1) is 13.2. The smallest absolute Gasteiger partial charge is 0.227 e. The van der Waals surface area contributed by atoms with Crippen molar-refractivity contribution < 1.29 is 9.53 Å². The van der Waals surface area contributed by atoms with Crippen LogP contribution in [0.15, 0.2) is 41.9 Å². The second kappa shape index (κ2) is 7.74. The molecule has 0 bridgehead atoms. The summed E-state index contributed by atoms with van der Waals surface area (Å²) in [4.78, 5) is 19.5. The Morgan fingerprint density at radius 3 is 2.85 bits per heavy atom. The second-order valence-corrected chi connectivity index (χ2v) is 7.92. The van der Waals surface area contributed by atoms with Gasteiger partial charge >= 0.3 is 0 Å². The van der Waals surface area contributed by atoms with Gasteiger partial charge in [0.25, 0.3) is 0 Å². The number of ether oxygens (including phenoxy) is 1. The highest BCUT2D eigenvalue weighted by molar-refractivity contribution is 7.17. The number of aromatic nitrogens is 1. The lowest BCUT2D eigenvalue weighted by Gasteiger charge is -2.32. The number of hydrogen-bond acceptors (Lipinski definition) is 5. The molecule has 1 fully saturated rings. The van der Waals surface area contributed by atoms with Crippen molar-refractivity contribution in [3.63, 3.8) is 0 Å². The van der Waals surface area contributed by atoms with E-state index in [-0.39, 0.29) is 11.8 Å². The number of rotatable bonds is 4. The molecule has 0 radical (unpaired) electrons. The zero-order valence-corrected chi connectivity index (χ0v) is 16.5. The molecular weight excluding hydrogens is 382 g/mol. The van der Waals surface area contributed by atoms with Gasteiger partial charge in [-0.2, -0.15) is 0 Å². The molecule has 1 saturated heterocycles. The second-order valence-electron chi connectivity index (χ2n) is 6.57. The summed E-state index contributed by atoms with van der Waals surface area (Å²) in [5.41, 5.74) is 0.693. The van der Waals surface area contributed by atoms with Crippen LogP contribution in [0.3, 0.4) is 0 Å². The van der Waals surface area contributed by atoms with Gasteiger partial charge < -0.3 is 15.0 Å². The molecule has 0 aliphatic carbocycles. The van der Waals surface area contributed by atoms with E-state index in [0.29, 0.717) is 16.5 Å². The Labute approximate surface area is 166 Å². The molecule has 0 unspecified atom stereocenters. The maximum Gasteiger partial charge on any atom is 0.227 e. The maximum atomic E-state index is 12.6. The number of piperidine rings is 1. The van der Waals surface area contributed by atoms with Gasteiger partial charge in [0.2, 0.25) is 5.91 Å². The van der Waals surface area contributed by atoms with Gasteiger partial charge in [-0.25, -0.2) is 4.98 Å². The summed E-state index contributed by atoms with van der Waals surface area (Å²) in [5.74, 6) is 1.65. The molecule has 4 rings (SSSR count). The number of benzene rings is 1. The zero-order chi connectivity index (χ0) is 18.8. The zero-order valence-electron chi connectivity index (χ0n) is 14.9. The van der Waals surface area contributed by atoms with E-state index in [1.165, 1.54) is 10.1 Å². The number of thiophene rings is 1. The van der Waals surface area contributed by atoms with Gasteiger partial charge in [-0.15, -0.1) is 11.3 Å². The van der Waals surface area contributed by atoms with Crippen LogP contribution in [0.1, 0.15) is 12.8 Å². The molecular formula is C20H20ClN3O2S. The largest absolute Gasteiger partial charge is 0.495 e. The average Bonchev–Trinajstić information content (AvgIpc) is 3.17. The molecule has 1 amide bonds. The minimum absolute atomic E-state index is 0.0104. The lowest BCUT2D eigenvalue weighted by atomic mass is 9.95. The van der Waals surface area contributed by atoms with Crippen LogP contribution in [0.2, 0.25) is 5.02 Å². The average molecular weight is 402 g/mol. The first-order valence-electron chi connectivity index (χ1n) is 8.87. The van der Waals surface area contributed by atoms with Crippen molar-refractivity contribution in [1.29, 1.82) is 0 Å². The van der Waals surface area contributed by atoms with Crippen molar-refractivity contribution in [1.82, 2.24) is 4.98 Å². The molecule has 1 aliphatic heterocycles. The Morgan fingerprint density at radius 1 is 1.30 bits per heavy atom. The minimum Gasteiger partial charge on any atom is -0.495 e. The van der Waals surface area contributed by atoms with E-state index < -0.39 is 0 Å². The number of nitrogens with one attached hydrogen (secondary N) is 1. The third-order valence-electron chi connectivity index (χ3n) is 4.94. The molecule has 27 heavy (non-hydrogen) atoms. The predicted molar refractivity (Wildman–Crippen MR) is 111 cm³/mol. The third-order valence-corrected chi connectivity index (χ3v) is 6.12. The number of carbonyl (C=O) groups excluding carboxylic acids is 1. The standard InChI is InChI=1S/C20H20ClN3O2S/c1-26-17-3-2-14(12-16(17)21)23-20(25)13-5-9-24(10-6-13)19-15-7-11-27-18(15)4-8-22-19/h2-4,7-8,11-13H,5-6,9-10H2,1H3,(H,23,25). The summed E-state index contributed by atoms with van der Waals surface area (Å²) in [5, 5.41) is 6.74. The molecule has 3 heterocycles. The van der Waals surface area contributed by atoms with Crippen molar-refractivity contribution in [3.05, 3.63) is 46.9 Å². The highest BCUT2D eigenvalue weighted by atomic mass is 35.5. The predicted octanol–water partition coefficient (Wildman–Crippen LogP) is 4.81. The quantitative estimate of drug-likeness (QED) is 0.681. The fourth-order valence-electron chi connectivity index (χ4n) is 3.47. The molecule has 0 atom stereocenters. The molecule has 140 valence electrons. The normalized spacial score (nSPS) is 15.1. The number of nitrogens with zero attached hydrogens (tertiary/aromatic N) is 2. The van der Waals surface area contributed by atoms with Crippen LogP contribution in [0.4, 0.5) is 11.5 Å². The Balaban J connectivity index is 1.39. The Kier molecular flexibility index (Phi) is 5.18. The molecule has 3 aromatic rings. The SMILES string of the molecule is COc1ccc(NC(=O)C2CCN(c3nccc4sccc34)CC2)cc1Cl.